The Morgan fingerprint density at radius 1 is 1.32 bits per heavy atom. The van der Waals surface area contributed by atoms with Gasteiger partial charge in [0, 0.05) is 12.6 Å². The molecule has 25 heavy (non-hydrogen) atoms. The highest BCUT2D eigenvalue weighted by Crippen LogP contribution is 2.43. The van der Waals surface area contributed by atoms with Crippen LogP contribution in [0.1, 0.15) is 47.8 Å². The van der Waals surface area contributed by atoms with Crippen LogP contribution in [-0.2, 0) is 11.8 Å². The summed E-state index contributed by atoms with van der Waals surface area (Å²) in [6, 6.07) is 8.32. The molecule has 0 saturated heterocycles. The molecule has 1 aliphatic heterocycles. The van der Waals surface area contributed by atoms with Gasteiger partial charge in [-0.05, 0) is 50.3 Å². The van der Waals surface area contributed by atoms with Crippen molar-refractivity contribution in [3.8, 4) is 5.75 Å². The summed E-state index contributed by atoms with van der Waals surface area (Å²) in [6.07, 6.45) is 5.15. The Labute approximate surface area is 152 Å². The zero-order valence-corrected chi connectivity index (χ0v) is 15.4. The molecule has 0 bridgehead atoms. The summed E-state index contributed by atoms with van der Waals surface area (Å²) in [7, 11) is 1.87. The molecule has 0 spiro atoms. The Morgan fingerprint density at radius 3 is 2.92 bits per heavy atom. The number of aromatic nitrogens is 2. The zero-order valence-electron chi connectivity index (χ0n) is 14.6. The molecule has 1 saturated carbocycles. The van der Waals surface area contributed by atoms with Crippen LogP contribution in [0, 0.1) is 6.92 Å². The standard InChI is InChI=1S/C19H23N3O2S/c1-12-17-18(25-11-16(23)20-19(17)22(2)21-12)13-6-5-9-15(10-13)24-14-7-3-4-8-14/h5-6,9-10,14,18H,3-4,7-8,11H2,1-2H3,(H,20,23)/t18-/m0/s1. The normalized spacial score (nSPS) is 20.9. The number of nitrogens with one attached hydrogen (secondary N) is 1. The molecular weight excluding hydrogens is 334 g/mol. The van der Waals surface area contributed by atoms with Crippen molar-refractivity contribution in [2.75, 3.05) is 11.1 Å². The predicted octanol–water partition coefficient (Wildman–Crippen LogP) is 3.82. The minimum absolute atomic E-state index is 0.0233. The van der Waals surface area contributed by atoms with Crippen molar-refractivity contribution in [2.45, 2.75) is 44.0 Å². The first-order valence-electron chi connectivity index (χ1n) is 8.83. The maximum absolute atomic E-state index is 12.1. The molecule has 1 atom stereocenters. The van der Waals surface area contributed by atoms with Crippen molar-refractivity contribution in [3.05, 3.63) is 41.1 Å². The van der Waals surface area contributed by atoms with Gasteiger partial charge in [-0.15, -0.1) is 11.8 Å². The lowest BCUT2D eigenvalue weighted by atomic mass is 10.0. The van der Waals surface area contributed by atoms with Crippen LogP contribution >= 0.6 is 11.8 Å². The van der Waals surface area contributed by atoms with Crippen molar-refractivity contribution in [1.82, 2.24) is 9.78 Å². The number of hydrogen-bond donors (Lipinski definition) is 1. The highest BCUT2D eigenvalue weighted by molar-refractivity contribution is 8.00. The Hall–Kier alpha value is -1.95. The van der Waals surface area contributed by atoms with E-state index in [1.807, 2.05) is 26.1 Å². The molecule has 132 valence electrons. The summed E-state index contributed by atoms with van der Waals surface area (Å²) >= 11 is 1.65. The van der Waals surface area contributed by atoms with Crippen molar-refractivity contribution in [1.29, 1.82) is 0 Å². The molecule has 1 aromatic carbocycles. The van der Waals surface area contributed by atoms with Gasteiger partial charge in [-0.3, -0.25) is 9.48 Å². The number of carbonyl (C=O) groups is 1. The van der Waals surface area contributed by atoms with E-state index in [9.17, 15) is 4.79 Å². The number of thioether (sulfide) groups is 1. The maximum Gasteiger partial charge on any atom is 0.235 e. The molecule has 2 aromatic rings. The van der Waals surface area contributed by atoms with Crippen LogP contribution in [0.5, 0.6) is 5.75 Å². The van der Waals surface area contributed by atoms with Gasteiger partial charge in [0.15, 0.2) is 0 Å². The number of amides is 1. The molecule has 1 aliphatic carbocycles. The molecule has 0 radical (unpaired) electrons. The number of ether oxygens (including phenoxy) is 1. The third-order valence-corrected chi connectivity index (χ3v) is 6.21. The maximum atomic E-state index is 12.1. The minimum atomic E-state index is 0.0233. The zero-order chi connectivity index (χ0) is 17.4. The van der Waals surface area contributed by atoms with Crippen molar-refractivity contribution >= 4 is 23.5 Å². The average molecular weight is 357 g/mol. The van der Waals surface area contributed by atoms with E-state index >= 15 is 0 Å². The first kappa shape index (κ1) is 16.5. The van der Waals surface area contributed by atoms with Crippen LogP contribution in [0.4, 0.5) is 5.82 Å². The van der Waals surface area contributed by atoms with Crippen LogP contribution in [0.15, 0.2) is 24.3 Å². The van der Waals surface area contributed by atoms with Gasteiger partial charge in [0.05, 0.1) is 22.8 Å². The quantitative estimate of drug-likeness (QED) is 0.907. The lowest BCUT2D eigenvalue weighted by Gasteiger charge is -2.18. The van der Waals surface area contributed by atoms with Gasteiger partial charge in [-0.2, -0.15) is 5.10 Å². The minimum Gasteiger partial charge on any atom is -0.490 e. The van der Waals surface area contributed by atoms with E-state index in [1.54, 1.807) is 16.4 Å². The largest absolute Gasteiger partial charge is 0.490 e. The van der Waals surface area contributed by atoms with E-state index in [1.165, 1.54) is 12.8 Å². The van der Waals surface area contributed by atoms with Gasteiger partial charge >= 0.3 is 0 Å². The lowest BCUT2D eigenvalue weighted by molar-refractivity contribution is -0.113. The van der Waals surface area contributed by atoms with Crippen molar-refractivity contribution in [2.24, 2.45) is 7.05 Å². The number of hydrogen-bond acceptors (Lipinski definition) is 4. The summed E-state index contributed by atoms with van der Waals surface area (Å²) < 4.78 is 7.93. The van der Waals surface area contributed by atoms with Gasteiger partial charge in [0.25, 0.3) is 0 Å². The third-order valence-electron chi connectivity index (χ3n) is 4.94. The predicted molar refractivity (Wildman–Crippen MR) is 100 cm³/mol. The molecule has 1 fully saturated rings. The molecule has 2 heterocycles. The molecule has 4 rings (SSSR count). The molecule has 1 amide bonds. The molecular formula is C19H23N3O2S. The summed E-state index contributed by atoms with van der Waals surface area (Å²) in [4.78, 5) is 12.1. The second-order valence-corrected chi connectivity index (χ2v) is 7.90. The molecule has 1 aromatic heterocycles. The van der Waals surface area contributed by atoms with Crippen LogP contribution in [0.25, 0.3) is 0 Å². The second kappa shape index (κ2) is 6.75. The Balaban J connectivity index is 1.68. The van der Waals surface area contributed by atoms with E-state index in [0.717, 1.165) is 41.2 Å². The first-order valence-corrected chi connectivity index (χ1v) is 9.88. The monoisotopic (exact) mass is 357 g/mol. The van der Waals surface area contributed by atoms with E-state index in [0.29, 0.717) is 11.9 Å². The van der Waals surface area contributed by atoms with Crippen LogP contribution < -0.4 is 10.1 Å². The number of anilines is 1. The summed E-state index contributed by atoms with van der Waals surface area (Å²) in [6.45, 7) is 2.00. The van der Waals surface area contributed by atoms with Gasteiger partial charge < -0.3 is 10.1 Å². The molecule has 5 nitrogen and oxygen atoms in total. The fourth-order valence-electron chi connectivity index (χ4n) is 3.76. The number of benzene rings is 1. The molecule has 6 heteroatoms. The number of fused-ring (bicyclic) bond motifs is 1. The van der Waals surface area contributed by atoms with Crippen LogP contribution in [0.2, 0.25) is 0 Å². The number of rotatable bonds is 3. The van der Waals surface area contributed by atoms with E-state index in [4.69, 9.17) is 4.74 Å². The summed E-state index contributed by atoms with van der Waals surface area (Å²) in [5.41, 5.74) is 3.21. The average Bonchev–Trinajstić information content (AvgIpc) is 3.13. The topological polar surface area (TPSA) is 56.2 Å². The Bertz CT molecular complexity index is 796. The molecule has 0 unspecified atom stereocenters. The third kappa shape index (κ3) is 3.27. The fraction of sp³-hybridized carbons (Fsp3) is 0.474. The smallest absolute Gasteiger partial charge is 0.235 e. The van der Waals surface area contributed by atoms with Crippen LogP contribution in [-0.4, -0.2) is 27.5 Å². The van der Waals surface area contributed by atoms with Crippen LogP contribution in [0.3, 0.4) is 0 Å². The number of nitrogens with zero attached hydrogens (tertiary/aromatic N) is 2. The summed E-state index contributed by atoms with van der Waals surface area (Å²) in [5.74, 6) is 2.19. The molecule has 2 aliphatic rings. The number of aryl methyl sites for hydroxylation is 2. The van der Waals surface area contributed by atoms with Gasteiger partial charge in [0.2, 0.25) is 5.91 Å². The second-order valence-electron chi connectivity index (χ2n) is 6.81. The first-order chi connectivity index (χ1) is 12.1. The Kier molecular flexibility index (Phi) is 4.46. The highest BCUT2D eigenvalue weighted by Gasteiger charge is 2.29. The highest BCUT2D eigenvalue weighted by atomic mass is 32.2. The van der Waals surface area contributed by atoms with Gasteiger partial charge in [-0.1, -0.05) is 12.1 Å². The Morgan fingerprint density at radius 2 is 2.12 bits per heavy atom. The van der Waals surface area contributed by atoms with Crippen molar-refractivity contribution < 1.29 is 9.53 Å². The summed E-state index contributed by atoms with van der Waals surface area (Å²) in [5, 5.41) is 7.58. The van der Waals surface area contributed by atoms with E-state index < -0.39 is 0 Å². The lowest BCUT2D eigenvalue weighted by Crippen LogP contribution is -2.15. The number of carbonyl (C=O) groups excluding carboxylic acids is 1. The van der Waals surface area contributed by atoms with E-state index in [2.05, 4.69) is 22.5 Å². The SMILES string of the molecule is Cc1nn(C)c2c1[C@H](c1cccc(OC3CCCC3)c1)SCC(=O)N2. The fourth-order valence-corrected chi connectivity index (χ4v) is 4.94. The van der Waals surface area contributed by atoms with E-state index in [-0.39, 0.29) is 11.2 Å². The van der Waals surface area contributed by atoms with Crippen molar-refractivity contribution in [3.63, 3.8) is 0 Å². The van der Waals surface area contributed by atoms with Gasteiger partial charge in [0.1, 0.15) is 11.6 Å². The molecule has 1 N–H and O–H groups in total. The van der Waals surface area contributed by atoms with Gasteiger partial charge in [-0.25, -0.2) is 0 Å².